The number of benzene rings is 2. The quantitative estimate of drug-likeness (QED) is 0.325. The van der Waals surface area contributed by atoms with Crippen molar-refractivity contribution in [3.8, 4) is 11.4 Å². The lowest BCUT2D eigenvalue weighted by Gasteiger charge is -2.22. The minimum Gasteiger partial charge on any atom is -0.496 e. The molecule has 0 spiro atoms. The number of nitrogens with zero attached hydrogens (tertiary/aromatic N) is 4. The van der Waals surface area contributed by atoms with Gasteiger partial charge in [-0.25, -0.2) is 4.68 Å². The van der Waals surface area contributed by atoms with Crippen molar-refractivity contribution in [1.29, 1.82) is 0 Å². The fourth-order valence-corrected chi connectivity index (χ4v) is 2.90. The van der Waals surface area contributed by atoms with Crippen LogP contribution in [0.1, 0.15) is 11.3 Å². The predicted molar refractivity (Wildman–Crippen MR) is 124 cm³/mol. The van der Waals surface area contributed by atoms with Crippen molar-refractivity contribution in [2.24, 2.45) is 4.99 Å². The minimum absolute atomic E-state index is 0. The predicted octanol–water partition coefficient (Wildman–Crippen LogP) is 3.71. The first-order chi connectivity index (χ1) is 13.2. The highest BCUT2D eigenvalue weighted by Gasteiger charge is 2.10. The van der Waals surface area contributed by atoms with Crippen molar-refractivity contribution < 1.29 is 4.74 Å². The molecule has 0 aliphatic rings. The normalized spacial score (nSPS) is 10.9. The van der Waals surface area contributed by atoms with Crippen molar-refractivity contribution in [1.82, 2.24) is 20.0 Å². The van der Waals surface area contributed by atoms with Crippen LogP contribution in [0.2, 0.25) is 0 Å². The number of hydrogen-bond acceptors (Lipinski definition) is 3. The first kappa shape index (κ1) is 21.7. The first-order valence-corrected chi connectivity index (χ1v) is 8.85. The zero-order valence-corrected chi connectivity index (χ0v) is 18.7. The monoisotopic (exact) mass is 491 g/mol. The zero-order chi connectivity index (χ0) is 19.1. The van der Waals surface area contributed by atoms with E-state index in [1.807, 2.05) is 72.5 Å². The maximum Gasteiger partial charge on any atom is 0.194 e. The van der Waals surface area contributed by atoms with E-state index >= 15 is 0 Å². The van der Waals surface area contributed by atoms with Crippen LogP contribution in [0.5, 0.6) is 5.75 Å². The van der Waals surface area contributed by atoms with Crippen molar-refractivity contribution in [2.45, 2.75) is 13.1 Å². The van der Waals surface area contributed by atoms with Crippen LogP contribution in [0.25, 0.3) is 5.69 Å². The molecule has 0 radical (unpaired) electrons. The minimum atomic E-state index is 0. The van der Waals surface area contributed by atoms with Crippen LogP contribution in [-0.4, -0.2) is 41.8 Å². The van der Waals surface area contributed by atoms with E-state index in [0.717, 1.165) is 28.7 Å². The number of nitrogens with one attached hydrogen (secondary N) is 1. The van der Waals surface area contributed by atoms with Crippen LogP contribution in [0, 0.1) is 0 Å². The second kappa shape index (κ2) is 10.7. The van der Waals surface area contributed by atoms with Gasteiger partial charge in [-0.1, -0.05) is 36.4 Å². The van der Waals surface area contributed by atoms with Crippen LogP contribution in [0.4, 0.5) is 0 Å². The summed E-state index contributed by atoms with van der Waals surface area (Å²) in [6, 6.07) is 20.1. The van der Waals surface area contributed by atoms with Gasteiger partial charge in [-0.2, -0.15) is 5.10 Å². The van der Waals surface area contributed by atoms with Gasteiger partial charge in [0.25, 0.3) is 0 Å². The molecule has 28 heavy (non-hydrogen) atoms. The van der Waals surface area contributed by atoms with Crippen molar-refractivity contribution in [3.05, 3.63) is 78.1 Å². The number of para-hydroxylation sites is 2. The number of ether oxygens (including phenoxy) is 1. The molecule has 1 aromatic heterocycles. The Morgan fingerprint density at radius 1 is 1.11 bits per heavy atom. The highest BCUT2D eigenvalue weighted by atomic mass is 127. The third kappa shape index (κ3) is 5.48. The molecule has 0 amide bonds. The summed E-state index contributed by atoms with van der Waals surface area (Å²) in [5.41, 5.74) is 3.10. The summed E-state index contributed by atoms with van der Waals surface area (Å²) in [5, 5.41) is 7.99. The van der Waals surface area contributed by atoms with Crippen LogP contribution in [0.3, 0.4) is 0 Å². The van der Waals surface area contributed by atoms with Crippen LogP contribution < -0.4 is 10.1 Å². The lowest BCUT2D eigenvalue weighted by Crippen LogP contribution is -2.38. The van der Waals surface area contributed by atoms with Gasteiger partial charge in [-0.3, -0.25) is 4.99 Å². The molecule has 6 nitrogen and oxygen atoms in total. The number of aliphatic imine (C=N–C) groups is 1. The number of halogens is 1. The Morgan fingerprint density at radius 2 is 1.82 bits per heavy atom. The van der Waals surface area contributed by atoms with Crippen LogP contribution in [0.15, 0.2) is 71.9 Å². The van der Waals surface area contributed by atoms with E-state index in [0.29, 0.717) is 13.1 Å². The molecule has 1 N–H and O–H groups in total. The lowest BCUT2D eigenvalue weighted by molar-refractivity contribution is 0.396. The third-order valence-corrected chi connectivity index (χ3v) is 4.27. The van der Waals surface area contributed by atoms with E-state index in [-0.39, 0.29) is 24.0 Å². The number of methoxy groups -OCH3 is 1. The Hall–Kier alpha value is -2.55. The molecule has 2 aromatic carbocycles. The molecule has 0 saturated heterocycles. The summed E-state index contributed by atoms with van der Waals surface area (Å²) in [6.45, 7) is 1.30. The molecule has 0 aliphatic heterocycles. The van der Waals surface area contributed by atoms with Crippen LogP contribution >= 0.6 is 24.0 Å². The second-order valence-corrected chi connectivity index (χ2v) is 6.16. The smallest absolute Gasteiger partial charge is 0.194 e. The fraction of sp³-hybridized carbons (Fsp3) is 0.238. The largest absolute Gasteiger partial charge is 0.496 e. The van der Waals surface area contributed by atoms with Gasteiger partial charge in [-0.15, -0.1) is 24.0 Å². The van der Waals surface area contributed by atoms with E-state index in [2.05, 4.69) is 26.4 Å². The molecule has 0 fully saturated rings. The summed E-state index contributed by atoms with van der Waals surface area (Å²) < 4.78 is 7.31. The van der Waals surface area contributed by atoms with Crippen molar-refractivity contribution >= 4 is 29.9 Å². The van der Waals surface area contributed by atoms with E-state index in [4.69, 9.17) is 4.74 Å². The molecule has 148 valence electrons. The van der Waals surface area contributed by atoms with Crippen molar-refractivity contribution in [2.75, 3.05) is 21.2 Å². The maximum absolute atomic E-state index is 5.43. The Balaban J connectivity index is 0.00000280. The second-order valence-electron chi connectivity index (χ2n) is 6.16. The molecular weight excluding hydrogens is 465 g/mol. The zero-order valence-electron chi connectivity index (χ0n) is 16.4. The molecule has 0 saturated carbocycles. The summed E-state index contributed by atoms with van der Waals surface area (Å²) >= 11 is 0. The topological polar surface area (TPSA) is 54.7 Å². The molecule has 0 aliphatic carbocycles. The Morgan fingerprint density at radius 3 is 2.54 bits per heavy atom. The number of guanidine groups is 1. The average Bonchev–Trinajstić information content (AvgIpc) is 3.18. The Labute approximate surface area is 183 Å². The maximum atomic E-state index is 5.43. The Bertz CT molecular complexity index is 895. The number of aromatic nitrogens is 2. The van der Waals surface area contributed by atoms with Gasteiger partial charge in [0, 0.05) is 32.4 Å². The molecule has 0 unspecified atom stereocenters. The van der Waals surface area contributed by atoms with Crippen molar-refractivity contribution in [3.63, 3.8) is 0 Å². The van der Waals surface area contributed by atoms with E-state index in [9.17, 15) is 0 Å². The lowest BCUT2D eigenvalue weighted by atomic mass is 10.2. The van der Waals surface area contributed by atoms with Gasteiger partial charge in [0.1, 0.15) is 5.75 Å². The molecule has 3 rings (SSSR count). The van der Waals surface area contributed by atoms with Gasteiger partial charge in [0.15, 0.2) is 5.96 Å². The summed E-state index contributed by atoms with van der Waals surface area (Å²) in [6.07, 6.45) is 1.97. The molecule has 7 heteroatoms. The molecule has 0 atom stereocenters. The van der Waals surface area contributed by atoms with E-state index < -0.39 is 0 Å². The average molecular weight is 491 g/mol. The number of rotatable bonds is 6. The molecule has 3 aromatic rings. The summed E-state index contributed by atoms with van der Waals surface area (Å²) in [5.74, 6) is 1.68. The first-order valence-electron chi connectivity index (χ1n) is 8.85. The van der Waals surface area contributed by atoms with Gasteiger partial charge < -0.3 is 15.0 Å². The van der Waals surface area contributed by atoms with Gasteiger partial charge >= 0.3 is 0 Å². The van der Waals surface area contributed by atoms with Gasteiger partial charge in [-0.05, 0) is 24.3 Å². The Kier molecular flexibility index (Phi) is 8.31. The highest BCUT2D eigenvalue weighted by molar-refractivity contribution is 14.0. The fourth-order valence-electron chi connectivity index (χ4n) is 2.90. The van der Waals surface area contributed by atoms with Crippen LogP contribution in [-0.2, 0) is 13.1 Å². The third-order valence-electron chi connectivity index (χ3n) is 4.27. The molecular formula is C21H26IN5O. The van der Waals surface area contributed by atoms with Gasteiger partial charge in [0.2, 0.25) is 0 Å². The molecule has 1 heterocycles. The standard InChI is InChI=1S/C21H25N5O.HI/c1-22-21(25(2)16-17-9-7-8-12-20(17)27-3)23-15-18-13-14-26(24-18)19-10-5-4-6-11-19;/h4-14H,15-16H2,1-3H3,(H,22,23);1H. The molecule has 0 bridgehead atoms. The van der Waals surface area contributed by atoms with E-state index in [1.165, 1.54) is 0 Å². The highest BCUT2D eigenvalue weighted by Crippen LogP contribution is 2.18. The van der Waals surface area contributed by atoms with Gasteiger partial charge in [0.05, 0.1) is 25.0 Å². The SMILES string of the molecule is CN=C(NCc1ccn(-c2ccccc2)n1)N(C)Cc1ccccc1OC.I. The summed E-state index contributed by atoms with van der Waals surface area (Å²) in [7, 11) is 5.48. The van der Waals surface area contributed by atoms with E-state index in [1.54, 1.807) is 14.2 Å². The number of hydrogen-bond donors (Lipinski definition) is 1. The summed E-state index contributed by atoms with van der Waals surface area (Å²) in [4.78, 5) is 6.44.